The Hall–Kier alpha value is -3.98. The lowest BCUT2D eigenvalue weighted by Gasteiger charge is -2.37. The van der Waals surface area contributed by atoms with E-state index in [-0.39, 0.29) is 0 Å². The highest BCUT2D eigenvalue weighted by atomic mass is 16.6. The lowest BCUT2D eigenvalue weighted by molar-refractivity contribution is -0.156. The van der Waals surface area contributed by atoms with Crippen molar-refractivity contribution in [1.82, 2.24) is 9.47 Å². The van der Waals surface area contributed by atoms with Crippen molar-refractivity contribution in [2.45, 2.75) is 13.0 Å². The summed E-state index contributed by atoms with van der Waals surface area (Å²) in [7, 11) is 0. The quantitative estimate of drug-likeness (QED) is 0.226. The van der Waals surface area contributed by atoms with E-state index in [1.807, 2.05) is 28.8 Å². The van der Waals surface area contributed by atoms with E-state index in [1.54, 1.807) is 12.1 Å². The molecule has 36 heavy (non-hydrogen) atoms. The summed E-state index contributed by atoms with van der Waals surface area (Å²) < 4.78 is 24.4. The zero-order valence-electron chi connectivity index (χ0n) is 19.9. The van der Waals surface area contributed by atoms with Gasteiger partial charge in [0.15, 0.2) is 11.5 Å². The maximum absolute atomic E-state index is 12.3. The fourth-order valence-corrected chi connectivity index (χ4v) is 5.23. The number of hydrogen-bond acceptors (Lipinski definition) is 8. The fourth-order valence-electron chi connectivity index (χ4n) is 5.23. The Morgan fingerprint density at radius 2 is 1.64 bits per heavy atom. The number of rotatable bonds is 6. The van der Waals surface area contributed by atoms with Crippen LogP contribution in [0.2, 0.25) is 0 Å². The third kappa shape index (κ3) is 3.85. The second-order valence-electron chi connectivity index (χ2n) is 8.99. The zero-order chi connectivity index (χ0) is 24.6. The summed E-state index contributed by atoms with van der Waals surface area (Å²) in [5, 5.41) is 0.807. The van der Waals surface area contributed by atoms with Gasteiger partial charge in [0, 0.05) is 50.2 Å². The number of aromatic nitrogens is 1. The summed E-state index contributed by atoms with van der Waals surface area (Å²) in [5.41, 5.74) is 2.79. The highest BCUT2D eigenvalue weighted by molar-refractivity contribution is 6.31. The maximum Gasteiger partial charge on any atom is 0.424 e. The first-order chi connectivity index (χ1) is 17.6. The molecule has 2 aromatic carbocycles. The van der Waals surface area contributed by atoms with Crippen molar-refractivity contribution in [1.29, 1.82) is 0 Å². The molecule has 0 saturated carbocycles. The van der Waals surface area contributed by atoms with Gasteiger partial charge in [-0.05, 0) is 30.7 Å². The van der Waals surface area contributed by atoms with Gasteiger partial charge in [-0.15, -0.1) is 6.58 Å². The number of benzene rings is 2. The first-order valence-electron chi connectivity index (χ1n) is 12.2. The minimum atomic E-state index is -1.02. The van der Waals surface area contributed by atoms with Crippen molar-refractivity contribution >= 4 is 28.5 Å². The van der Waals surface area contributed by atoms with Crippen LogP contribution in [-0.2, 0) is 22.6 Å². The third-order valence-electron chi connectivity index (χ3n) is 6.91. The molecule has 1 fully saturated rings. The summed E-state index contributed by atoms with van der Waals surface area (Å²) in [5.74, 6) is 0.377. The molecule has 1 aromatic heterocycles. The lowest BCUT2D eigenvalue weighted by Crippen LogP contribution is -2.47. The summed E-state index contributed by atoms with van der Waals surface area (Å²) in [4.78, 5) is 29.2. The molecule has 0 unspecified atom stereocenters. The molecule has 3 aromatic rings. The highest BCUT2D eigenvalue weighted by Gasteiger charge is 2.31. The second-order valence-corrected chi connectivity index (χ2v) is 8.99. The van der Waals surface area contributed by atoms with Crippen LogP contribution in [0.3, 0.4) is 0 Å². The molecule has 2 bridgehead atoms. The molecule has 9 heteroatoms. The molecule has 0 radical (unpaired) electrons. The first kappa shape index (κ1) is 22.5. The molecule has 3 aliphatic rings. The molecule has 9 nitrogen and oxygen atoms in total. The van der Waals surface area contributed by atoms with Gasteiger partial charge < -0.3 is 28.4 Å². The molecule has 3 aliphatic heterocycles. The van der Waals surface area contributed by atoms with Crippen molar-refractivity contribution in [3.8, 4) is 23.1 Å². The number of allylic oxidation sites excluding steroid dienone is 1. The Balaban J connectivity index is 1.22. The van der Waals surface area contributed by atoms with Crippen LogP contribution >= 0.6 is 0 Å². The number of anilines is 1. The van der Waals surface area contributed by atoms with E-state index in [9.17, 15) is 9.59 Å². The summed E-state index contributed by atoms with van der Waals surface area (Å²) in [6, 6.07) is 11.5. The van der Waals surface area contributed by atoms with Gasteiger partial charge in [-0.1, -0.05) is 18.2 Å². The van der Waals surface area contributed by atoms with Gasteiger partial charge >= 0.3 is 11.9 Å². The molecule has 186 valence electrons. The number of piperazine rings is 1. The van der Waals surface area contributed by atoms with E-state index in [0.717, 1.165) is 66.4 Å². The summed E-state index contributed by atoms with van der Waals surface area (Å²) in [6.45, 7) is 9.69. The number of nitrogens with zero attached hydrogens (tertiary/aromatic N) is 3. The predicted molar refractivity (Wildman–Crippen MR) is 133 cm³/mol. The number of para-hydroxylation sites is 1. The molecular formula is C27H27N3O6. The molecule has 6 rings (SSSR count). The van der Waals surface area contributed by atoms with Gasteiger partial charge in [-0.2, -0.15) is 0 Å². The Bertz CT molecular complexity index is 1360. The molecule has 0 aliphatic carbocycles. The van der Waals surface area contributed by atoms with E-state index < -0.39 is 11.9 Å². The number of ether oxygens (including phenoxy) is 4. The third-order valence-corrected chi connectivity index (χ3v) is 6.91. The van der Waals surface area contributed by atoms with Crippen LogP contribution in [0.5, 0.6) is 23.1 Å². The van der Waals surface area contributed by atoms with Gasteiger partial charge in [-0.25, -0.2) is 9.59 Å². The van der Waals surface area contributed by atoms with Crippen LogP contribution in [0.1, 0.15) is 5.56 Å². The van der Waals surface area contributed by atoms with Crippen LogP contribution in [-0.4, -0.2) is 67.3 Å². The van der Waals surface area contributed by atoms with Crippen molar-refractivity contribution in [3.63, 3.8) is 0 Å². The minimum Gasteiger partial charge on any atom is -0.486 e. The number of esters is 2. The maximum atomic E-state index is 12.3. The normalized spacial score (nSPS) is 17.5. The molecule has 0 N–H and O–H groups in total. The molecular weight excluding hydrogens is 462 g/mol. The van der Waals surface area contributed by atoms with Crippen molar-refractivity contribution < 1.29 is 28.5 Å². The van der Waals surface area contributed by atoms with E-state index in [1.165, 1.54) is 0 Å². The van der Waals surface area contributed by atoms with Crippen molar-refractivity contribution in [2.24, 2.45) is 0 Å². The smallest absolute Gasteiger partial charge is 0.424 e. The van der Waals surface area contributed by atoms with E-state index in [2.05, 4.69) is 22.4 Å². The second kappa shape index (κ2) is 9.23. The predicted octanol–water partition coefficient (Wildman–Crippen LogP) is 2.79. The van der Waals surface area contributed by atoms with Crippen molar-refractivity contribution in [2.75, 3.05) is 50.8 Å². The number of fused-ring (bicyclic) bond motifs is 2. The van der Waals surface area contributed by atoms with Crippen LogP contribution < -0.4 is 23.8 Å². The first-order valence-corrected chi connectivity index (χ1v) is 12.2. The molecule has 0 spiro atoms. The molecule has 0 amide bonds. The van der Waals surface area contributed by atoms with Gasteiger partial charge in [0.25, 0.3) is 0 Å². The monoisotopic (exact) mass is 489 g/mol. The fraction of sp³-hybridized carbons (Fsp3) is 0.333. The van der Waals surface area contributed by atoms with E-state index >= 15 is 0 Å². The van der Waals surface area contributed by atoms with Gasteiger partial charge in [0.05, 0.1) is 11.2 Å². The van der Waals surface area contributed by atoms with Crippen LogP contribution in [0.4, 0.5) is 5.69 Å². The van der Waals surface area contributed by atoms with Crippen LogP contribution in [0.25, 0.3) is 10.9 Å². The Morgan fingerprint density at radius 3 is 2.47 bits per heavy atom. The van der Waals surface area contributed by atoms with Gasteiger partial charge in [0.2, 0.25) is 5.88 Å². The zero-order valence-corrected chi connectivity index (χ0v) is 19.9. The standard InChI is InChI=1S/C27H27N3O6/c1-2-10-30-19-5-3-7-21-23(19)18(25(30)36-27(32)26(31)35-21)9-11-28-12-14-29(15-13-28)20-6-4-8-22-24(20)34-17-16-33-22/h2-8H,1,9-17H2. The Kier molecular flexibility index (Phi) is 5.77. The van der Waals surface area contributed by atoms with Crippen molar-refractivity contribution in [3.05, 3.63) is 54.6 Å². The Morgan fingerprint density at radius 1 is 0.889 bits per heavy atom. The average molecular weight is 490 g/mol. The van der Waals surface area contributed by atoms with Gasteiger partial charge in [-0.3, -0.25) is 4.90 Å². The van der Waals surface area contributed by atoms with E-state index in [0.29, 0.717) is 37.8 Å². The molecule has 0 atom stereocenters. The number of carbonyl (C=O) groups excluding carboxylic acids is 2. The SMILES string of the molecule is C=CCn1c2c(CCN3CCN(c4cccc5c4OCCO5)CC3)c3c(cccc31)OC(=O)C(=O)O2. The average Bonchev–Trinajstić information content (AvgIpc) is 3.20. The van der Waals surface area contributed by atoms with Crippen LogP contribution in [0.15, 0.2) is 49.1 Å². The summed E-state index contributed by atoms with van der Waals surface area (Å²) >= 11 is 0. The molecule has 4 heterocycles. The summed E-state index contributed by atoms with van der Waals surface area (Å²) in [6.07, 6.45) is 2.39. The number of carbonyl (C=O) groups is 2. The van der Waals surface area contributed by atoms with Gasteiger partial charge in [0.1, 0.15) is 19.0 Å². The van der Waals surface area contributed by atoms with E-state index in [4.69, 9.17) is 18.9 Å². The Labute approximate surface area is 208 Å². The lowest BCUT2D eigenvalue weighted by atomic mass is 10.1. The minimum absolute atomic E-state index is 0.383. The van der Waals surface area contributed by atoms with Crippen LogP contribution in [0, 0.1) is 0 Å². The highest BCUT2D eigenvalue weighted by Crippen LogP contribution is 2.41. The topological polar surface area (TPSA) is 82.5 Å². The number of hydrogen-bond donors (Lipinski definition) is 0. The molecule has 1 saturated heterocycles. The largest absolute Gasteiger partial charge is 0.486 e.